The molecule has 9 heavy (non-hydrogen) atoms. The number of rotatable bonds is 2. The zero-order valence-electron chi connectivity index (χ0n) is 4.70. The Labute approximate surface area is 53.3 Å². The van der Waals surface area contributed by atoms with Crippen LogP contribution in [0.15, 0.2) is 12.7 Å². The highest BCUT2D eigenvalue weighted by Crippen LogP contribution is 1.88. The summed E-state index contributed by atoms with van der Waals surface area (Å²) in [7, 11) is -3.73. The van der Waals surface area contributed by atoms with Crippen molar-refractivity contribution in [2.24, 2.45) is 5.73 Å². The van der Waals surface area contributed by atoms with Crippen molar-refractivity contribution in [3.63, 3.8) is 0 Å². The van der Waals surface area contributed by atoms with E-state index in [4.69, 9.17) is 0 Å². The van der Waals surface area contributed by atoms with Gasteiger partial charge in [-0.05, 0) is 0 Å². The molecule has 0 spiro atoms. The summed E-state index contributed by atoms with van der Waals surface area (Å²) in [5.74, 6) is -0.387. The summed E-state index contributed by atoms with van der Waals surface area (Å²) in [6.07, 6.45) is 1.11. The fourth-order valence-electron chi connectivity index (χ4n) is 0.237. The van der Waals surface area contributed by atoms with E-state index in [0.29, 0.717) is 0 Å². The van der Waals surface area contributed by atoms with Crippen molar-refractivity contribution in [2.45, 2.75) is 0 Å². The molecule has 0 aliphatic rings. The quantitative estimate of drug-likeness (QED) is 0.546. The molecule has 2 N–H and O–H groups in total. The Kier molecular flexibility index (Phi) is 2.39. The molecule has 0 unspecified atom stereocenters. The monoisotopic (exact) mass is 149 g/mol. The van der Waals surface area contributed by atoms with Gasteiger partial charge in [-0.1, -0.05) is 6.08 Å². The molecular formula is C4H7NO3S. The van der Waals surface area contributed by atoms with Crippen LogP contribution < -0.4 is 5.73 Å². The maximum atomic E-state index is 10.4. The third-order valence-corrected chi connectivity index (χ3v) is 1.93. The first-order valence-corrected chi connectivity index (χ1v) is 3.79. The highest BCUT2D eigenvalue weighted by atomic mass is 32.2. The van der Waals surface area contributed by atoms with Crippen LogP contribution in [0.5, 0.6) is 0 Å². The lowest BCUT2D eigenvalue weighted by molar-refractivity contribution is 0.265. The number of carbonyl (C=O) groups is 1. The predicted molar refractivity (Wildman–Crippen MR) is 33.6 cm³/mol. The first-order chi connectivity index (χ1) is 4.00. The molecule has 0 saturated carbocycles. The van der Waals surface area contributed by atoms with E-state index >= 15 is 0 Å². The van der Waals surface area contributed by atoms with Gasteiger partial charge >= 0.3 is 5.24 Å². The minimum Gasteiger partial charge on any atom is -0.356 e. The maximum Gasteiger partial charge on any atom is 0.334 e. The molecule has 0 heterocycles. The van der Waals surface area contributed by atoms with Gasteiger partial charge in [0.2, 0.25) is 9.84 Å². The topological polar surface area (TPSA) is 77.2 Å². The molecule has 0 saturated heterocycles. The lowest BCUT2D eigenvalue weighted by atomic mass is 10.8. The van der Waals surface area contributed by atoms with Gasteiger partial charge in [0, 0.05) is 0 Å². The molecule has 0 aliphatic carbocycles. The molecule has 0 aromatic carbocycles. The summed E-state index contributed by atoms with van der Waals surface area (Å²) < 4.78 is 20.8. The second-order valence-electron chi connectivity index (χ2n) is 1.39. The Morgan fingerprint density at radius 3 is 2.22 bits per heavy atom. The van der Waals surface area contributed by atoms with Crippen molar-refractivity contribution in [2.75, 3.05) is 5.75 Å². The van der Waals surface area contributed by atoms with Crippen LogP contribution in [0.4, 0.5) is 4.79 Å². The summed E-state index contributed by atoms with van der Waals surface area (Å²) >= 11 is 0. The lowest BCUT2D eigenvalue weighted by Crippen LogP contribution is -2.23. The van der Waals surface area contributed by atoms with Crippen molar-refractivity contribution in [1.82, 2.24) is 0 Å². The summed E-state index contributed by atoms with van der Waals surface area (Å²) in [5.41, 5.74) is 4.48. The third kappa shape index (κ3) is 2.27. The number of hydrogen-bond acceptors (Lipinski definition) is 3. The Bertz CT molecular complexity index is 216. The van der Waals surface area contributed by atoms with Crippen molar-refractivity contribution in [3.05, 3.63) is 12.7 Å². The zero-order valence-corrected chi connectivity index (χ0v) is 5.52. The van der Waals surface area contributed by atoms with E-state index in [1.54, 1.807) is 0 Å². The highest BCUT2D eigenvalue weighted by molar-refractivity contribution is 8.06. The van der Waals surface area contributed by atoms with Crippen molar-refractivity contribution in [3.8, 4) is 0 Å². The van der Waals surface area contributed by atoms with Crippen molar-refractivity contribution < 1.29 is 13.2 Å². The largest absolute Gasteiger partial charge is 0.356 e. The third-order valence-electron chi connectivity index (χ3n) is 0.644. The minimum absolute atomic E-state index is 0.387. The summed E-state index contributed by atoms with van der Waals surface area (Å²) in [4.78, 5) is 10.00. The van der Waals surface area contributed by atoms with E-state index in [0.717, 1.165) is 6.08 Å². The molecule has 0 aromatic heterocycles. The summed E-state index contributed by atoms with van der Waals surface area (Å²) in [6.45, 7) is 3.14. The molecule has 52 valence electrons. The summed E-state index contributed by atoms with van der Waals surface area (Å²) in [6, 6.07) is 0. The number of sulfone groups is 1. The second kappa shape index (κ2) is 2.63. The van der Waals surface area contributed by atoms with Crippen LogP contribution in [0.3, 0.4) is 0 Å². The first-order valence-electron chi connectivity index (χ1n) is 2.14. The van der Waals surface area contributed by atoms with Crippen LogP contribution in [0.25, 0.3) is 0 Å². The Morgan fingerprint density at radius 1 is 1.67 bits per heavy atom. The van der Waals surface area contributed by atoms with Gasteiger partial charge in [-0.25, -0.2) is 8.42 Å². The van der Waals surface area contributed by atoms with Gasteiger partial charge in [-0.3, -0.25) is 4.79 Å². The molecule has 1 amide bonds. The SMILES string of the molecule is C=CCS(=O)(=O)C(N)=O. The number of amides is 1. The van der Waals surface area contributed by atoms with Gasteiger partial charge in [-0.15, -0.1) is 6.58 Å². The van der Waals surface area contributed by atoms with Crippen molar-refractivity contribution in [1.29, 1.82) is 0 Å². The summed E-state index contributed by atoms with van der Waals surface area (Å²) in [5, 5.41) is -1.30. The smallest absolute Gasteiger partial charge is 0.334 e. The van der Waals surface area contributed by atoms with E-state index in [9.17, 15) is 13.2 Å². The minimum atomic E-state index is -3.73. The molecule has 0 aromatic rings. The molecule has 5 heteroatoms. The van der Waals surface area contributed by atoms with Gasteiger partial charge in [0.25, 0.3) is 0 Å². The number of nitrogens with two attached hydrogens (primary N) is 1. The molecule has 0 aliphatic heterocycles. The van der Waals surface area contributed by atoms with E-state index < -0.39 is 15.1 Å². The Hall–Kier alpha value is -0.840. The van der Waals surface area contributed by atoms with E-state index in [2.05, 4.69) is 12.3 Å². The van der Waals surface area contributed by atoms with Crippen LogP contribution in [0.2, 0.25) is 0 Å². The van der Waals surface area contributed by atoms with Crippen molar-refractivity contribution >= 4 is 15.1 Å². The van der Waals surface area contributed by atoms with Crippen LogP contribution in [0.1, 0.15) is 0 Å². The standard InChI is InChI=1S/C4H7NO3S/c1-2-3-9(7,8)4(5)6/h2H,1,3H2,(H2,5,6). The second-order valence-corrected chi connectivity index (χ2v) is 3.35. The Morgan fingerprint density at radius 2 is 2.11 bits per heavy atom. The van der Waals surface area contributed by atoms with Gasteiger partial charge in [-0.2, -0.15) is 0 Å². The average molecular weight is 149 g/mol. The molecule has 0 atom stereocenters. The Balaban J connectivity index is 4.41. The number of primary amides is 1. The van der Waals surface area contributed by atoms with Crippen LogP contribution in [-0.2, 0) is 9.84 Å². The number of hydrogen-bond donors (Lipinski definition) is 1. The van der Waals surface area contributed by atoms with E-state index in [1.165, 1.54) is 0 Å². The lowest BCUT2D eigenvalue weighted by Gasteiger charge is -1.90. The first kappa shape index (κ1) is 8.16. The predicted octanol–water partition coefficient (Wildman–Crippen LogP) is -0.334. The van der Waals surface area contributed by atoms with Gasteiger partial charge < -0.3 is 5.73 Å². The molecule has 0 radical (unpaired) electrons. The molecule has 0 rings (SSSR count). The maximum absolute atomic E-state index is 10.4. The fourth-order valence-corrected chi connectivity index (χ4v) is 0.712. The molecule has 4 nitrogen and oxygen atoms in total. The van der Waals surface area contributed by atoms with Gasteiger partial charge in [0.05, 0.1) is 5.75 Å². The zero-order chi connectivity index (χ0) is 7.49. The van der Waals surface area contributed by atoms with E-state index in [-0.39, 0.29) is 5.75 Å². The molecular weight excluding hydrogens is 142 g/mol. The van der Waals surface area contributed by atoms with Gasteiger partial charge in [0.15, 0.2) is 0 Å². The fraction of sp³-hybridized carbons (Fsp3) is 0.250. The van der Waals surface area contributed by atoms with Gasteiger partial charge in [0.1, 0.15) is 0 Å². The van der Waals surface area contributed by atoms with Crippen LogP contribution >= 0.6 is 0 Å². The van der Waals surface area contributed by atoms with Crippen LogP contribution in [0, 0.1) is 0 Å². The molecule has 0 fully saturated rings. The number of carbonyl (C=O) groups excluding carboxylic acids is 1. The average Bonchev–Trinajstić information content (AvgIpc) is 1.65. The van der Waals surface area contributed by atoms with E-state index in [1.807, 2.05) is 0 Å². The highest BCUT2D eigenvalue weighted by Gasteiger charge is 2.14. The van der Waals surface area contributed by atoms with Crippen LogP contribution in [-0.4, -0.2) is 19.4 Å². The normalized spacial score (nSPS) is 10.7. The molecule has 0 bridgehead atoms.